The van der Waals surface area contributed by atoms with Gasteiger partial charge >= 0.3 is 0 Å². The maximum absolute atomic E-state index is 12.1. The number of amides is 1. The summed E-state index contributed by atoms with van der Waals surface area (Å²) < 4.78 is 0. The molecule has 1 aromatic carbocycles. The average molecular weight is 273 g/mol. The predicted molar refractivity (Wildman–Crippen MR) is 73.3 cm³/mol. The number of nitrogens with zero attached hydrogens (tertiary/aromatic N) is 2. The molecule has 0 radical (unpaired) electrons. The lowest BCUT2D eigenvalue weighted by Crippen LogP contribution is -2.13. The molecule has 3 aromatic rings. The van der Waals surface area contributed by atoms with Gasteiger partial charge in [0.25, 0.3) is 5.91 Å². The Labute approximate surface area is 113 Å². The molecule has 5 nitrogen and oxygen atoms in total. The number of carbonyl (C=O) groups is 1. The molecule has 0 aliphatic carbocycles. The Bertz CT molecular complexity index is 720. The molecule has 2 heterocycles. The van der Waals surface area contributed by atoms with Gasteiger partial charge in [0, 0.05) is 10.9 Å². The van der Waals surface area contributed by atoms with E-state index < -0.39 is 0 Å². The van der Waals surface area contributed by atoms with Gasteiger partial charge in [0.15, 0.2) is 5.15 Å². The Hall–Kier alpha value is -2.40. The highest BCUT2D eigenvalue weighted by Gasteiger charge is 2.11. The Morgan fingerprint density at radius 1 is 1.26 bits per heavy atom. The van der Waals surface area contributed by atoms with Crippen molar-refractivity contribution in [3.8, 4) is 0 Å². The van der Waals surface area contributed by atoms with E-state index in [1.165, 1.54) is 6.20 Å². The molecule has 0 aliphatic rings. The minimum absolute atomic E-state index is 0.159. The summed E-state index contributed by atoms with van der Waals surface area (Å²) in [5.41, 5.74) is 1.81. The molecular formula is C13H9ClN4O. The van der Waals surface area contributed by atoms with Crippen LogP contribution in [0.15, 0.2) is 42.6 Å². The van der Waals surface area contributed by atoms with Crippen LogP contribution < -0.4 is 5.32 Å². The zero-order valence-electron chi connectivity index (χ0n) is 9.72. The molecule has 6 heteroatoms. The number of hydrogen-bond donors (Lipinski definition) is 2. The van der Waals surface area contributed by atoms with E-state index in [9.17, 15) is 4.79 Å². The van der Waals surface area contributed by atoms with E-state index in [4.69, 9.17) is 11.6 Å². The standard InChI is InChI=1S/C13H9ClN4O/c14-12-10(5-6-15-18-12)17-13(19)11-7-8-3-1-2-4-9(8)16-11/h1-7,16H,(H,15,17,19). The summed E-state index contributed by atoms with van der Waals surface area (Å²) >= 11 is 5.84. The van der Waals surface area contributed by atoms with Crippen molar-refractivity contribution in [3.63, 3.8) is 0 Å². The highest BCUT2D eigenvalue weighted by Crippen LogP contribution is 2.19. The average Bonchev–Trinajstić information content (AvgIpc) is 2.85. The van der Waals surface area contributed by atoms with Crippen LogP contribution in [0.4, 0.5) is 5.69 Å². The van der Waals surface area contributed by atoms with E-state index >= 15 is 0 Å². The Morgan fingerprint density at radius 3 is 2.89 bits per heavy atom. The van der Waals surface area contributed by atoms with Gasteiger partial charge in [-0.1, -0.05) is 29.8 Å². The van der Waals surface area contributed by atoms with Crippen LogP contribution in [0.5, 0.6) is 0 Å². The Morgan fingerprint density at radius 2 is 2.11 bits per heavy atom. The van der Waals surface area contributed by atoms with Crippen molar-refractivity contribution in [2.24, 2.45) is 0 Å². The lowest BCUT2D eigenvalue weighted by molar-refractivity contribution is 0.102. The van der Waals surface area contributed by atoms with Crippen LogP contribution in [-0.4, -0.2) is 21.1 Å². The first-order chi connectivity index (χ1) is 9.24. The second-order valence-electron chi connectivity index (χ2n) is 3.96. The van der Waals surface area contributed by atoms with Crippen molar-refractivity contribution in [2.45, 2.75) is 0 Å². The van der Waals surface area contributed by atoms with Gasteiger partial charge in [-0.05, 0) is 18.2 Å². The monoisotopic (exact) mass is 272 g/mol. The Kier molecular flexibility index (Phi) is 2.89. The number of para-hydroxylation sites is 1. The van der Waals surface area contributed by atoms with Crippen molar-refractivity contribution < 1.29 is 4.79 Å². The summed E-state index contributed by atoms with van der Waals surface area (Å²) in [6, 6.07) is 11.0. The lowest BCUT2D eigenvalue weighted by Gasteiger charge is -2.03. The fourth-order valence-corrected chi connectivity index (χ4v) is 1.95. The summed E-state index contributed by atoms with van der Waals surface area (Å²) in [5.74, 6) is -0.272. The number of fused-ring (bicyclic) bond motifs is 1. The third-order valence-corrected chi connectivity index (χ3v) is 2.98. The fraction of sp³-hybridized carbons (Fsp3) is 0. The molecule has 2 aromatic heterocycles. The van der Waals surface area contributed by atoms with Crippen LogP contribution in [0, 0.1) is 0 Å². The number of carbonyl (C=O) groups excluding carboxylic acids is 1. The third-order valence-electron chi connectivity index (χ3n) is 2.70. The molecule has 0 fully saturated rings. The summed E-state index contributed by atoms with van der Waals surface area (Å²) in [4.78, 5) is 15.1. The first kappa shape index (κ1) is 11.7. The van der Waals surface area contributed by atoms with E-state index in [2.05, 4.69) is 20.5 Å². The number of hydrogen-bond acceptors (Lipinski definition) is 3. The maximum atomic E-state index is 12.1. The van der Waals surface area contributed by atoms with E-state index in [0.717, 1.165) is 10.9 Å². The molecule has 1 amide bonds. The van der Waals surface area contributed by atoms with Crippen LogP contribution in [0.1, 0.15) is 10.5 Å². The second-order valence-corrected chi connectivity index (χ2v) is 4.32. The molecule has 3 rings (SSSR count). The molecule has 0 saturated heterocycles. The van der Waals surface area contributed by atoms with E-state index in [1.807, 2.05) is 24.3 Å². The molecular weight excluding hydrogens is 264 g/mol. The fourth-order valence-electron chi connectivity index (χ4n) is 1.79. The van der Waals surface area contributed by atoms with E-state index in [0.29, 0.717) is 11.4 Å². The number of rotatable bonds is 2. The van der Waals surface area contributed by atoms with Crippen molar-refractivity contribution in [3.05, 3.63) is 53.4 Å². The third kappa shape index (κ3) is 2.28. The zero-order valence-corrected chi connectivity index (χ0v) is 10.5. The van der Waals surface area contributed by atoms with Gasteiger partial charge in [-0.2, -0.15) is 5.10 Å². The summed E-state index contributed by atoms with van der Waals surface area (Å²) in [6.07, 6.45) is 1.46. The van der Waals surface area contributed by atoms with Gasteiger partial charge in [0.2, 0.25) is 0 Å². The minimum Gasteiger partial charge on any atom is -0.351 e. The van der Waals surface area contributed by atoms with Crippen LogP contribution in [0.3, 0.4) is 0 Å². The summed E-state index contributed by atoms with van der Waals surface area (Å²) in [5, 5.41) is 11.1. The van der Waals surface area contributed by atoms with Gasteiger partial charge in [0.1, 0.15) is 5.69 Å². The number of benzene rings is 1. The summed E-state index contributed by atoms with van der Waals surface area (Å²) in [6.45, 7) is 0. The lowest BCUT2D eigenvalue weighted by atomic mass is 10.2. The molecule has 0 atom stereocenters. The molecule has 0 saturated carbocycles. The topological polar surface area (TPSA) is 70.7 Å². The molecule has 0 unspecified atom stereocenters. The van der Waals surface area contributed by atoms with Crippen LogP contribution in [0.25, 0.3) is 10.9 Å². The smallest absolute Gasteiger partial charge is 0.272 e. The molecule has 19 heavy (non-hydrogen) atoms. The van der Waals surface area contributed by atoms with Gasteiger partial charge in [-0.15, -0.1) is 5.10 Å². The summed E-state index contributed by atoms with van der Waals surface area (Å²) in [7, 11) is 0. The highest BCUT2D eigenvalue weighted by atomic mass is 35.5. The van der Waals surface area contributed by atoms with Crippen molar-refractivity contribution in [1.29, 1.82) is 0 Å². The van der Waals surface area contributed by atoms with Crippen molar-refractivity contribution >= 4 is 34.1 Å². The predicted octanol–water partition coefficient (Wildman–Crippen LogP) is 2.86. The largest absolute Gasteiger partial charge is 0.351 e. The van der Waals surface area contributed by atoms with E-state index in [-0.39, 0.29) is 11.1 Å². The highest BCUT2D eigenvalue weighted by molar-refractivity contribution is 6.32. The number of H-pyrrole nitrogens is 1. The van der Waals surface area contributed by atoms with Gasteiger partial charge < -0.3 is 10.3 Å². The number of aromatic nitrogens is 3. The van der Waals surface area contributed by atoms with E-state index in [1.54, 1.807) is 12.1 Å². The molecule has 0 aliphatic heterocycles. The number of nitrogens with one attached hydrogen (secondary N) is 2. The van der Waals surface area contributed by atoms with Crippen molar-refractivity contribution in [2.75, 3.05) is 5.32 Å². The number of halogens is 1. The zero-order chi connectivity index (χ0) is 13.2. The normalized spacial score (nSPS) is 10.6. The number of aromatic amines is 1. The number of anilines is 1. The van der Waals surface area contributed by atoms with Crippen LogP contribution >= 0.6 is 11.6 Å². The van der Waals surface area contributed by atoms with Gasteiger partial charge in [-0.3, -0.25) is 4.79 Å². The van der Waals surface area contributed by atoms with Crippen LogP contribution in [-0.2, 0) is 0 Å². The molecule has 0 bridgehead atoms. The SMILES string of the molecule is O=C(Nc1ccnnc1Cl)c1cc2ccccc2[nH]1. The minimum atomic E-state index is -0.272. The second kappa shape index (κ2) is 4.70. The van der Waals surface area contributed by atoms with Gasteiger partial charge in [-0.25, -0.2) is 0 Å². The Balaban J connectivity index is 1.90. The molecule has 2 N–H and O–H groups in total. The van der Waals surface area contributed by atoms with Crippen LogP contribution in [0.2, 0.25) is 5.15 Å². The molecule has 0 spiro atoms. The first-order valence-electron chi connectivity index (χ1n) is 5.60. The maximum Gasteiger partial charge on any atom is 0.272 e. The molecule has 94 valence electrons. The van der Waals surface area contributed by atoms with Crippen molar-refractivity contribution in [1.82, 2.24) is 15.2 Å². The first-order valence-corrected chi connectivity index (χ1v) is 5.98. The van der Waals surface area contributed by atoms with Gasteiger partial charge in [0.05, 0.1) is 11.9 Å². The quantitative estimate of drug-likeness (QED) is 0.753.